The van der Waals surface area contributed by atoms with E-state index in [1.807, 2.05) is 28.8 Å². The lowest BCUT2D eigenvalue weighted by atomic mass is 10.2. The summed E-state index contributed by atoms with van der Waals surface area (Å²) in [7, 11) is 1.67. The van der Waals surface area contributed by atoms with E-state index in [0.29, 0.717) is 6.10 Å². The van der Waals surface area contributed by atoms with E-state index < -0.39 is 0 Å². The highest BCUT2D eigenvalue weighted by Gasteiger charge is 2.16. The van der Waals surface area contributed by atoms with E-state index in [9.17, 15) is 0 Å². The molecule has 1 aliphatic heterocycles. The van der Waals surface area contributed by atoms with Crippen LogP contribution in [0, 0.1) is 0 Å². The summed E-state index contributed by atoms with van der Waals surface area (Å²) in [6, 6.07) is 7.89. The van der Waals surface area contributed by atoms with Gasteiger partial charge in [0.05, 0.1) is 18.9 Å². The number of thioether (sulfide) groups is 1. The molecule has 21 heavy (non-hydrogen) atoms. The number of methoxy groups -OCH3 is 1. The molecule has 1 atom stereocenters. The molecule has 5 nitrogen and oxygen atoms in total. The van der Waals surface area contributed by atoms with Gasteiger partial charge in [-0.05, 0) is 31.4 Å². The molecule has 0 spiro atoms. The number of benzene rings is 1. The Labute approximate surface area is 128 Å². The van der Waals surface area contributed by atoms with Crippen LogP contribution < -0.4 is 4.74 Å². The van der Waals surface area contributed by atoms with E-state index in [1.54, 1.807) is 25.2 Å². The van der Waals surface area contributed by atoms with Gasteiger partial charge < -0.3 is 9.47 Å². The van der Waals surface area contributed by atoms with Crippen molar-refractivity contribution in [3.8, 4) is 11.4 Å². The van der Waals surface area contributed by atoms with Crippen LogP contribution in [-0.4, -0.2) is 40.3 Å². The number of ether oxygens (including phenoxy) is 2. The first-order valence-electron chi connectivity index (χ1n) is 7.16. The first-order valence-corrected chi connectivity index (χ1v) is 8.15. The molecule has 0 amide bonds. The molecule has 6 heteroatoms. The van der Waals surface area contributed by atoms with Crippen LogP contribution in [0.25, 0.3) is 5.69 Å². The molecule has 0 aliphatic carbocycles. The first-order chi connectivity index (χ1) is 10.4. The van der Waals surface area contributed by atoms with Crippen LogP contribution in [0.15, 0.2) is 35.7 Å². The predicted octanol–water partition coefficient (Wildman–Crippen LogP) is 2.94. The topological polar surface area (TPSA) is 49.2 Å². The molecule has 0 saturated carbocycles. The van der Waals surface area contributed by atoms with Gasteiger partial charge in [0.15, 0.2) is 5.16 Å². The summed E-state index contributed by atoms with van der Waals surface area (Å²) < 4.78 is 13.0. The maximum atomic E-state index is 5.65. The van der Waals surface area contributed by atoms with Crippen molar-refractivity contribution in [2.75, 3.05) is 19.5 Å². The standard InChI is InChI=1S/C15H19N3O2S/c1-19-14-7-3-2-6-13(14)18-11-16-17-15(18)21-10-8-12-5-4-9-20-12/h2-3,6-7,11-12H,4-5,8-10H2,1H3. The van der Waals surface area contributed by atoms with Crippen LogP contribution in [0.5, 0.6) is 5.75 Å². The third kappa shape index (κ3) is 3.39. The Morgan fingerprint density at radius 3 is 3.14 bits per heavy atom. The van der Waals surface area contributed by atoms with Crippen LogP contribution >= 0.6 is 11.8 Å². The molecule has 1 aromatic carbocycles. The van der Waals surface area contributed by atoms with E-state index in [4.69, 9.17) is 9.47 Å². The van der Waals surface area contributed by atoms with Crippen molar-refractivity contribution in [3.05, 3.63) is 30.6 Å². The van der Waals surface area contributed by atoms with Crippen molar-refractivity contribution >= 4 is 11.8 Å². The van der Waals surface area contributed by atoms with E-state index in [1.165, 1.54) is 12.8 Å². The summed E-state index contributed by atoms with van der Waals surface area (Å²) in [5, 5.41) is 9.13. The second-order valence-corrected chi connectivity index (χ2v) is 5.99. The Balaban J connectivity index is 1.68. The van der Waals surface area contributed by atoms with Crippen molar-refractivity contribution in [2.45, 2.75) is 30.5 Å². The lowest BCUT2D eigenvalue weighted by molar-refractivity contribution is 0.109. The van der Waals surface area contributed by atoms with Gasteiger partial charge in [-0.3, -0.25) is 4.57 Å². The average molecular weight is 305 g/mol. The summed E-state index contributed by atoms with van der Waals surface area (Å²) >= 11 is 1.71. The molecule has 1 unspecified atom stereocenters. The summed E-state index contributed by atoms with van der Waals surface area (Å²) in [4.78, 5) is 0. The van der Waals surface area contributed by atoms with Crippen LogP contribution in [0.2, 0.25) is 0 Å². The van der Waals surface area contributed by atoms with Gasteiger partial charge in [0.1, 0.15) is 12.1 Å². The Morgan fingerprint density at radius 2 is 2.33 bits per heavy atom. The zero-order valence-corrected chi connectivity index (χ0v) is 12.9. The summed E-state index contributed by atoms with van der Waals surface area (Å²) in [6.45, 7) is 0.909. The lowest BCUT2D eigenvalue weighted by Gasteiger charge is -2.11. The first kappa shape index (κ1) is 14.4. The van der Waals surface area contributed by atoms with E-state index >= 15 is 0 Å². The third-order valence-electron chi connectivity index (χ3n) is 3.56. The van der Waals surface area contributed by atoms with Crippen LogP contribution in [0.3, 0.4) is 0 Å². The number of nitrogens with zero attached hydrogens (tertiary/aromatic N) is 3. The van der Waals surface area contributed by atoms with Gasteiger partial charge in [-0.25, -0.2) is 0 Å². The monoisotopic (exact) mass is 305 g/mol. The summed E-state index contributed by atoms with van der Waals surface area (Å²) in [6.07, 6.45) is 5.57. The molecule has 2 aromatic rings. The fourth-order valence-corrected chi connectivity index (χ4v) is 3.42. The van der Waals surface area contributed by atoms with Crippen LogP contribution in [-0.2, 0) is 4.74 Å². The van der Waals surface area contributed by atoms with E-state index in [-0.39, 0.29) is 0 Å². The highest BCUT2D eigenvalue weighted by Crippen LogP contribution is 2.27. The fourth-order valence-electron chi connectivity index (χ4n) is 2.47. The highest BCUT2D eigenvalue weighted by atomic mass is 32.2. The maximum absolute atomic E-state index is 5.65. The van der Waals surface area contributed by atoms with E-state index in [2.05, 4.69) is 10.2 Å². The minimum Gasteiger partial charge on any atom is -0.495 e. The Hall–Kier alpha value is -1.53. The van der Waals surface area contributed by atoms with Gasteiger partial charge in [0, 0.05) is 12.4 Å². The second-order valence-electron chi connectivity index (χ2n) is 4.93. The SMILES string of the molecule is COc1ccccc1-n1cnnc1SCCC1CCCO1. The van der Waals surface area contributed by atoms with Crippen LogP contribution in [0.4, 0.5) is 0 Å². The largest absolute Gasteiger partial charge is 0.495 e. The molecule has 112 valence electrons. The van der Waals surface area contributed by atoms with Crippen LogP contribution in [0.1, 0.15) is 19.3 Å². The molecule has 1 saturated heterocycles. The number of aromatic nitrogens is 3. The van der Waals surface area contributed by atoms with Crippen molar-refractivity contribution in [1.29, 1.82) is 0 Å². The van der Waals surface area contributed by atoms with Crippen molar-refractivity contribution in [1.82, 2.24) is 14.8 Å². The van der Waals surface area contributed by atoms with Gasteiger partial charge in [0.25, 0.3) is 0 Å². The van der Waals surface area contributed by atoms with Gasteiger partial charge in [-0.1, -0.05) is 23.9 Å². The highest BCUT2D eigenvalue weighted by molar-refractivity contribution is 7.99. The zero-order chi connectivity index (χ0) is 14.5. The lowest BCUT2D eigenvalue weighted by Crippen LogP contribution is -2.06. The summed E-state index contributed by atoms with van der Waals surface area (Å²) in [5.41, 5.74) is 0.963. The molecule has 1 fully saturated rings. The van der Waals surface area contributed by atoms with Crippen molar-refractivity contribution in [3.63, 3.8) is 0 Å². The third-order valence-corrected chi connectivity index (χ3v) is 4.53. The van der Waals surface area contributed by atoms with Crippen molar-refractivity contribution < 1.29 is 9.47 Å². The van der Waals surface area contributed by atoms with E-state index in [0.717, 1.165) is 35.4 Å². The molecule has 1 aliphatic rings. The van der Waals surface area contributed by atoms with Crippen molar-refractivity contribution in [2.24, 2.45) is 0 Å². The zero-order valence-electron chi connectivity index (χ0n) is 12.1. The average Bonchev–Trinajstić information content (AvgIpc) is 3.19. The fraction of sp³-hybridized carbons (Fsp3) is 0.467. The smallest absolute Gasteiger partial charge is 0.195 e. The molecular weight excluding hydrogens is 286 g/mol. The number of hydrogen-bond donors (Lipinski definition) is 0. The molecule has 2 heterocycles. The molecule has 0 bridgehead atoms. The predicted molar refractivity (Wildman–Crippen MR) is 82.2 cm³/mol. The Morgan fingerprint density at radius 1 is 1.43 bits per heavy atom. The number of para-hydroxylation sites is 2. The van der Waals surface area contributed by atoms with Gasteiger partial charge in [0.2, 0.25) is 0 Å². The van der Waals surface area contributed by atoms with Gasteiger partial charge in [-0.15, -0.1) is 10.2 Å². The number of hydrogen-bond acceptors (Lipinski definition) is 5. The number of rotatable bonds is 6. The molecule has 3 rings (SSSR count). The van der Waals surface area contributed by atoms with Gasteiger partial charge in [-0.2, -0.15) is 0 Å². The minimum atomic E-state index is 0.417. The quantitative estimate of drug-likeness (QED) is 0.768. The summed E-state index contributed by atoms with van der Waals surface area (Å²) in [5.74, 6) is 1.80. The van der Waals surface area contributed by atoms with Gasteiger partial charge >= 0.3 is 0 Å². The Kier molecular flexibility index (Phi) is 4.77. The Bertz CT molecular complexity index is 582. The molecule has 1 aromatic heterocycles. The molecule has 0 radical (unpaired) electrons. The normalized spacial score (nSPS) is 18.0. The maximum Gasteiger partial charge on any atom is 0.195 e. The minimum absolute atomic E-state index is 0.417. The molecular formula is C15H19N3O2S. The second kappa shape index (κ2) is 6.95. The molecule has 0 N–H and O–H groups in total.